The largest absolute Gasteiger partial charge is 0.350 e. The number of piperazine rings is 1. The summed E-state index contributed by atoms with van der Waals surface area (Å²) in [6, 6.07) is 5.26. The van der Waals surface area contributed by atoms with Crippen molar-refractivity contribution in [1.82, 2.24) is 30.7 Å². The van der Waals surface area contributed by atoms with Crippen LogP contribution in [0.25, 0.3) is 10.2 Å². The molecule has 3 N–H and O–H groups in total. The second-order valence-electron chi connectivity index (χ2n) is 12.1. The number of rotatable bonds is 13. The van der Waals surface area contributed by atoms with Crippen LogP contribution >= 0.6 is 11.3 Å². The van der Waals surface area contributed by atoms with Crippen LogP contribution in [-0.2, 0) is 27.2 Å². The molecule has 0 radical (unpaired) electrons. The summed E-state index contributed by atoms with van der Waals surface area (Å²) in [6.45, 7) is 12.3. The number of nitrogens with one attached hydrogen (secondary N) is 3. The fraction of sp³-hybridized carbons (Fsp3) is 0.625. The summed E-state index contributed by atoms with van der Waals surface area (Å²) < 4.78 is 1.08. The normalized spacial score (nSPS) is 18.4. The van der Waals surface area contributed by atoms with Gasteiger partial charge in [-0.2, -0.15) is 0 Å². The van der Waals surface area contributed by atoms with Crippen molar-refractivity contribution in [2.75, 3.05) is 46.3 Å². The summed E-state index contributed by atoms with van der Waals surface area (Å²) in [5.41, 5.74) is 2.69. The molecule has 10 heteroatoms. The second-order valence-corrected chi connectivity index (χ2v) is 13.2. The quantitative estimate of drug-likeness (QED) is 0.307. The van der Waals surface area contributed by atoms with Crippen molar-refractivity contribution in [1.29, 1.82) is 0 Å². The molecule has 230 valence electrons. The Bertz CT molecular complexity index is 1230. The van der Waals surface area contributed by atoms with Gasteiger partial charge in [-0.25, -0.2) is 4.98 Å². The van der Waals surface area contributed by atoms with E-state index in [-0.39, 0.29) is 23.8 Å². The van der Waals surface area contributed by atoms with E-state index < -0.39 is 6.04 Å². The third-order valence-electron chi connectivity index (χ3n) is 8.51. The first-order valence-electron chi connectivity index (χ1n) is 15.5. The molecule has 2 atom stereocenters. The third kappa shape index (κ3) is 9.61. The lowest BCUT2D eigenvalue weighted by molar-refractivity contribution is -0.128. The second kappa shape index (κ2) is 15.6. The number of likely N-dealkylation sites (N-methyl/N-ethyl adjacent to an activating group) is 1. The molecule has 4 rings (SSSR count). The van der Waals surface area contributed by atoms with Crippen LogP contribution in [0.15, 0.2) is 30.4 Å². The number of fused-ring (bicyclic) bond motifs is 1. The van der Waals surface area contributed by atoms with E-state index in [9.17, 15) is 14.4 Å². The number of carbonyl (C=O) groups excluding carboxylic acids is 3. The zero-order valence-corrected chi connectivity index (χ0v) is 26.4. The van der Waals surface area contributed by atoms with Crippen LogP contribution in [0.4, 0.5) is 0 Å². The Morgan fingerprint density at radius 3 is 2.52 bits per heavy atom. The van der Waals surface area contributed by atoms with E-state index in [2.05, 4.69) is 58.4 Å². The fourth-order valence-electron chi connectivity index (χ4n) is 5.96. The Kier molecular flexibility index (Phi) is 11.9. The Hall–Kier alpha value is -2.82. The van der Waals surface area contributed by atoms with Crippen LogP contribution in [-0.4, -0.2) is 90.9 Å². The van der Waals surface area contributed by atoms with Crippen LogP contribution < -0.4 is 16.0 Å². The predicted molar refractivity (Wildman–Crippen MR) is 170 cm³/mol. The molecule has 9 nitrogen and oxygen atoms in total. The van der Waals surface area contributed by atoms with E-state index >= 15 is 0 Å². The number of benzene rings is 1. The van der Waals surface area contributed by atoms with Gasteiger partial charge in [0.2, 0.25) is 17.7 Å². The van der Waals surface area contributed by atoms with Crippen molar-refractivity contribution in [2.45, 2.75) is 77.3 Å². The monoisotopic (exact) mass is 596 g/mol. The van der Waals surface area contributed by atoms with Crippen LogP contribution in [0.2, 0.25) is 0 Å². The summed E-state index contributed by atoms with van der Waals surface area (Å²) >= 11 is 1.56. The van der Waals surface area contributed by atoms with E-state index in [1.165, 1.54) is 31.7 Å². The summed E-state index contributed by atoms with van der Waals surface area (Å²) in [5, 5.41) is 9.88. The average molecular weight is 597 g/mol. The standard InChI is InChI=1S/C32H48N6O3S/c1-5-24-11-12-27-29(18-24)42-30(36-27)19-28(34-23(3)39)32(41)35-26(17-25-9-7-6-8-10-25)20-33-31(40)22(2)21-38-15-13-37(4)14-16-38/h11-12,18,25-26,28H,2,5-10,13-17,19-21H2,1,3-4H3,(H,33,40)(H,34,39)(H,35,41)/t26?,28-/m0/s1. The molecule has 2 aliphatic rings. The smallest absolute Gasteiger partial charge is 0.247 e. The summed E-state index contributed by atoms with van der Waals surface area (Å²) in [6.07, 6.45) is 7.98. The molecule has 1 aromatic carbocycles. The molecule has 3 amide bonds. The number of carbonyl (C=O) groups is 3. The summed E-state index contributed by atoms with van der Waals surface area (Å²) in [4.78, 5) is 48.0. The van der Waals surface area contributed by atoms with Crippen molar-refractivity contribution in [3.63, 3.8) is 0 Å². The highest BCUT2D eigenvalue weighted by atomic mass is 32.1. The number of aryl methyl sites for hydroxylation is 1. The number of nitrogens with zero attached hydrogens (tertiary/aromatic N) is 3. The Labute approximate surface area is 254 Å². The van der Waals surface area contributed by atoms with Gasteiger partial charge in [0.05, 0.1) is 15.2 Å². The van der Waals surface area contributed by atoms with Crippen LogP contribution in [0, 0.1) is 5.92 Å². The first kappa shape index (κ1) is 32.1. The van der Waals surface area contributed by atoms with Crippen molar-refractivity contribution >= 4 is 39.3 Å². The maximum absolute atomic E-state index is 13.6. The molecule has 0 spiro atoms. The molecule has 0 bridgehead atoms. The minimum atomic E-state index is -0.745. The van der Waals surface area contributed by atoms with Gasteiger partial charge < -0.3 is 20.9 Å². The van der Waals surface area contributed by atoms with Crippen molar-refractivity contribution < 1.29 is 14.4 Å². The number of hydrogen-bond donors (Lipinski definition) is 3. The van der Waals surface area contributed by atoms with Gasteiger partial charge in [-0.3, -0.25) is 19.3 Å². The maximum atomic E-state index is 13.6. The number of thiazole rings is 1. The van der Waals surface area contributed by atoms with E-state index in [1.54, 1.807) is 11.3 Å². The Balaban J connectivity index is 1.40. The highest BCUT2D eigenvalue weighted by Gasteiger charge is 2.27. The minimum Gasteiger partial charge on any atom is -0.350 e. The topological polar surface area (TPSA) is 107 Å². The lowest BCUT2D eigenvalue weighted by atomic mass is 9.84. The molecule has 1 aliphatic carbocycles. The molecular formula is C32H48N6O3S. The molecule has 1 saturated carbocycles. The van der Waals surface area contributed by atoms with Crippen molar-refractivity contribution in [3.05, 3.63) is 40.9 Å². The molecule has 2 heterocycles. The first-order chi connectivity index (χ1) is 20.2. The van der Waals surface area contributed by atoms with Crippen molar-refractivity contribution in [3.8, 4) is 0 Å². The average Bonchev–Trinajstić information content (AvgIpc) is 3.38. The molecule has 1 saturated heterocycles. The van der Waals surface area contributed by atoms with Gasteiger partial charge >= 0.3 is 0 Å². The number of hydrogen-bond acceptors (Lipinski definition) is 7. The van der Waals surface area contributed by atoms with E-state index in [1.807, 2.05) is 6.07 Å². The van der Waals surface area contributed by atoms with Crippen LogP contribution in [0.3, 0.4) is 0 Å². The zero-order valence-electron chi connectivity index (χ0n) is 25.5. The SMILES string of the molecule is C=C(CN1CCN(C)CC1)C(=O)NCC(CC1CCCCC1)NC(=O)[C@H](Cc1nc2ccc(CC)cc2s1)NC(C)=O. The van der Waals surface area contributed by atoms with Gasteiger partial charge in [-0.15, -0.1) is 11.3 Å². The summed E-state index contributed by atoms with van der Waals surface area (Å²) in [7, 11) is 2.11. The van der Waals surface area contributed by atoms with Gasteiger partial charge in [-0.1, -0.05) is 51.7 Å². The highest BCUT2D eigenvalue weighted by molar-refractivity contribution is 7.18. The number of amides is 3. The first-order valence-corrected chi connectivity index (χ1v) is 16.3. The number of aromatic nitrogens is 1. The predicted octanol–water partition coefficient (Wildman–Crippen LogP) is 3.28. The highest BCUT2D eigenvalue weighted by Crippen LogP contribution is 2.28. The van der Waals surface area contributed by atoms with Gasteiger partial charge in [0.25, 0.3) is 0 Å². The molecule has 2 aromatic rings. The molecule has 1 aliphatic heterocycles. The van der Waals surface area contributed by atoms with Crippen molar-refractivity contribution in [2.24, 2.45) is 5.92 Å². The van der Waals surface area contributed by atoms with Crippen LogP contribution in [0.5, 0.6) is 0 Å². The lowest BCUT2D eigenvalue weighted by Gasteiger charge is -2.32. The minimum absolute atomic E-state index is 0.170. The Morgan fingerprint density at radius 1 is 1.10 bits per heavy atom. The molecule has 2 fully saturated rings. The zero-order chi connectivity index (χ0) is 30.1. The molecule has 1 unspecified atom stereocenters. The third-order valence-corrected chi connectivity index (χ3v) is 9.55. The fourth-order valence-corrected chi connectivity index (χ4v) is 7.04. The van der Waals surface area contributed by atoms with Gasteiger partial charge in [0.15, 0.2) is 0 Å². The van der Waals surface area contributed by atoms with E-state index in [0.717, 1.165) is 67.1 Å². The van der Waals surface area contributed by atoms with Crippen LogP contribution in [0.1, 0.15) is 62.9 Å². The summed E-state index contributed by atoms with van der Waals surface area (Å²) in [5.74, 6) is -0.172. The van der Waals surface area contributed by atoms with Gasteiger partial charge in [0.1, 0.15) is 6.04 Å². The Morgan fingerprint density at radius 2 is 1.83 bits per heavy atom. The molecule has 42 heavy (non-hydrogen) atoms. The van der Waals surface area contributed by atoms with Gasteiger partial charge in [0, 0.05) is 64.2 Å². The molecular weight excluding hydrogens is 548 g/mol. The molecule has 1 aromatic heterocycles. The maximum Gasteiger partial charge on any atom is 0.247 e. The van der Waals surface area contributed by atoms with E-state index in [0.29, 0.717) is 31.0 Å². The van der Waals surface area contributed by atoms with E-state index in [4.69, 9.17) is 4.98 Å². The lowest BCUT2D eigenvalue weighted by Crippen LogP contribution is -2.53. The van der Waals surface area contributed by atoms with Gasteiger partial charge in [-0.05, 0) is 43.5 Å².